The number of fused-ring (bicyclic) bond motifs is 1. The normalized spacial score (nSPS) is 21.4. The lowest BCUT2D eigenvalue weighted by atomic mass is 9.77. The summed E-state index contributed by atoms with van der Waals surface area (Å²) in [4.78, 5) is 4.04. The van der Waals surface area contributed by atoms with Crippen molar-refractivity contribution < 1.29 is 5.11 Å². The number of aliphatic hydroxyl groups is 1. The van der Waals surface area contributed by atoms with Crippen LogP contribution in [0.3, 0.4) is 0 Å². The molecule has 1 aliphatic carbocycles. The van der Waals surface area contributed by atoms with Crippen LogP contribution in [0.15, 0.2) is 48.8 Å². The number of nitrogens with one attached hydrogen (secondary N) is 1. The molecule has 3 rings (SSSR count). The predicted molar refractivity (Wildman–Crippen MR) is 79.2 cm³/mol. The van der Waals surface area contributed by atoms with Crippen molar-refractivity contribution in [2.45, 2.75) is 31.3 Å². The predicted octanol–water partition coefficient (Wildman–Crippen LogP) is 2.40. The van der Waals surface area contributed by atoms with E-state index >= 15 is 0 Å². The molecule has 20 heavy (non-hydrogen) atoms. The van der Waals surface area contributed by atoms with Crippen molar-refractivity contribution in [1.82, 2.24) is 10.3 Å². The molecule has 0 saturated carbocycles. The minimum absolute atomic E-state index is 0.134. The monoisotopic (exact) mass is 268 g/mol. The molecule has 0 bridgehead atoms. The molecule has 3 nitrogen and oxygen atoms in total. The summed E-state index contributed by atoms with van der Waals surface area (Å²) in [5, 5.41) is 13.6. The molecule has 1 aromatic carbocycles. The number of hydrogen-bond acceptors (Lipinski definition) is 3. The number of benzene rings is 1. The molecule has 1 atom stereocenters. The maximum atomic E-state index is 9.99. The number of aromatic nitrogens is 1. The van der Waals surface area contributed by atoms with E-state index in [1.807, 2.05) is 12.1 Å². The molecule has 2 aromatic rings. The molecule has 1 aromatic heterocycles. The van der Waals surface area contributed by atoms with Gasteiger partial charge in [0.2, 0.25) is 0 Å². The molecule has 1 heterocycles. The maximum Gasteiger partial charge on any atom is 0.0674 e. The van der Waals surface area contributed by atoms with Gasteiger partial charge in [-0.2, -0.15) is 0 Å². The summed E-state index contributed by atoms with van der Waals surface area (Å²) < 4.78 is 0. The van der Waals surface area contributed by atoms with Crippen LogP contribution < -0.4 is 5.32 Å². The second-order valence-corrected chi connectivity index (χ2v) is 5.46. The van der Waals surface area contributed by atoms with Gasteiger partial charge in [-0.1, -0.05) is 24.3 Å². The standard InChI is InChI=1S/C17H20N2O/c20-13-17(19-12-14-7-10-18-11-8-14)9-3-5-15-4-1-2-6-16(15)17/h1-2,4,6-8,10-11,19-20H,3,5,9,12-13H2/t17-/m0/s1. The summed E-state index contributed by atoms with van der Waals surface area (Å²) >= 11 is 0. The van der Waals surface area contributed by atoms with E-state index in [9.17, 15) is 5.11 Å². The molecule has 0 saturated heterocycles. The van der Waals surface area contributed by atoms with Gasteiger partial charge in [-0.3, -0.25) is 4.98 Å². The Bertz CT molecular complexity index is 570. The lowest BCUT2D eigenvalue weighted by Crippen LogP contribution is -2.47. The van der Waals surface area contributed by atoms with Crippen LogP contribution in [0.25, 0.3) is 0 Å². The molecule has 2 N–H and O–H groups in total. The summed E-state index contributed by atoms with van der Waals surface area (Å²) in [6, 6.07) is 12.5. The second kappa shape index (κ2) is 5.73. The van der Waals surface area contributed by atoms with Crippen LogP contribution >= 0.6 is 0 Å². The average Bonchev–Trinajstić information content (AvgIpc) is 2.54. The Hall–Kier alpha value is -1.71. The van der Waals surface area contributed by atoms with Crippen LogP contribution in [0.2, 0.25) is 0 Å². The molecule has 104 valence electrons. The van der Waals surface area contributed by atoms with Gasteiger partial charge in [0, 0.05) is 18.9 Å². The third kappa shape index (κ3) is 2.47. The van der Waals surface area contributed by atoms with E-state index in [2.05, 4.69) is 34.6 Å². The van der Waals surface area contributed by atoms with Crippen molar-refractivity contribution in [2.75, 3.05) is 6.61 Å². The summed E-state index contributed by atoms with van der Waals surface area (Å²) in [6.45, 7) is 0.881. The first-order valence-electron chi connectivity index (χ1n) is 7.17. The van der Waals surface area contributed by atoms with E-state index in [4.69, 9.17) is 0 Å². The topological polar surface area (TPSA) is 45.1 Å². The molecular weight excluding hydrogens is 248 g/mol. The second-order valence-electron chi connectivity index (χ2n) is 5.46. The van der Waals surface area contributed by atoms with Crippen molar-refractivity contribution in [3.05, 3.63) is 65.5 Å². The van der Waals surface area contributed by atoms with Gasteiger partial charge in [0.1, 0.15) is 0 Å². The van der Waals surface area contributed by atoms with Crippen molar-refractivity contribution in [2.24, 2.45) is 0 Å². The van der Waals surface area contributed by atoms with Crippen LogP contribution in [0.5, 0.6) is 0 Å². The Balaban J connectivity index is 1.85. The van der Waals surface area contributed by atoms with E-state index in [0.29, 0.717) is 0 Å². The molecule has 1 aliphatic rings. The van der Waals surface area contributed by atoms with Gasteiger partial charge in [0.05, 0.1) is 12.1 Å². The summed E-state index contributed by atoms with van der Waals surface area (Å²) in [7, 11) is 0. The number of rotatable bonds is 4. The maximum absolute atomic E-state index is 9.99. The van der Waals surface area contributed by atoms with E-state index < -0.39 is 0 Å². The number of aliphatic hydroxyl groups excluding tert-OH is 1. The summed E-state index contributed by atoms with van der Waals surface area (Å²) in [5.41, 5.74) is 3.49. The van der Waals surface area contributed by atoms with Crippen molar-refractivity contribution in [3.8, 4) is 0 Å². The largest absolute Gasteiger partial charge is 0.394 e. The van der Waals surface area contributed by atoms with Crippen molar-refractivity contribution in [1.29, 1.82) is 0 Å². The minimum Gasteiger partial charge on any atom is -0.394 e. The van der Waals surface area contributed by atoms with Crippen LogP contribution in [0.4, 0.5) is 0 Å². The molecule has 0 amide bonds. The highest BCUT2D eigenvalue weighted by Crippen LogP contribution is 2.35. The number of hydrogen-bond donors (Lipinski definition) is 2. The van der Waals surface area contributed by atoms with Crippen LogP contribution in [-0.2, 0) is 18.5 Å². The zero-order valence-corrected chi connectivity index (χ0v) is 11.5. The number of nitrogens with zero attached hydrogens (tertiary/aromatic N) is 1. The first-order chi connectivity index (χ1) is 9.84. The fourth-order valence-electron chi connectivity index (χ4n) is 3.10. The van der Waals surface area contributed by atoms with Crippen LogP contribution in [-0.4, -0.2) is 16.7 Å². The van der Waals surface area contributed by atoms with Crippen LogP contribution in [0, 0.1) is 0 Å². The quantitative estimate of drug-likeness (QED) is 0.895. The Kier molecular flexibility index (Phi) is 3.81. The molecule has 0 unspecified atom stereocenters. The van der Waals surface area contributed by atoms with Crippen molar-refractivity contribution >= 4 is 0 Å². The van der Waals surface area contributed by atoms with Gasteiger partial charge < -0.3 is 10.4 Å². The SMILES string of the molecule is OC[C@@]1(NCc2ccncc2)CCCc2ccccc21. The van der Waals surface area contributed by atoms with E-state index in [1.165, 1.54) is 16.7 Å². The molecule has 0 radical (unpaired) electrons. The Morgan fingerprint density at radius 1 is 1.15 bits per heavy atom. The zero-order valence-electron chi connectivity index (χ0n) is 11.5. The number of aryl methyl sites for hydroxylation is 1. The highest BCUT2D eigenvalue weighted by molar-refractivity contribution is 5.36. The van der Waals surface area contributed by atoms with Gasteiger partial charge in [-0.15, -0.1) is 0 Å². The molecule has 3 heteroatoms. The van der Waals surface area contributed by atoms with Crippen LogP contribution in [0.1, 0.15) is 29.5 Å². The molecule has 0 fully saturated rings. The average molecular weight is 268 g/mol. The Morgan fingerprint density at radius 2 is 1.95 bits per heavy atom. The minimum atomic E-state index is -0.307. The summed E-state index contributed by atoms with van der Waals surface area (Å²) in [5.74, 6) is 0. The van der Waals surface area contributed by atoms with Crippen molar-refractivity contribution in [3.63, 3.8) is 0 Å². The van der Waals surface area contributed by atoms with E-state index in [0.717, 1.165) is 25.8 Å². The lowest BCUT2D eigenvalue weighted by Gasteiger charge is -2.39. The van der Waals surface area contributed by atoms with Gasteiger partial charge in [-0.25, -0.2) is 0 Å². The lowest BCUT2D eigenvalue weighted by molar-refractivity contribution is 0.140. The van der Waals surface area contributed by atoms with E-state index in [1.54, 1.807) is 12.4 Å². The van der Waals surface area contributed by atoms with Gasteiger partial charge >= 0.3 is 0 Å². The first-order valence-corrected chi connectivity index (χ1v) is 7.17. The fraction of sp³-hybridized carbons (Fsp3) is 0.353. The third-order valence-corrected chi connectivity index (χ3v) is 4.23. The fourth-order valence-corrected chi connectivity index (χ4v) is 3.10. The molecule has 0 aliphatic heterocycles. The molecular formula is C17H20N2O. The smallest absolute Gasteiger partial charge is 0.0674 e. The zero-order chi connectivity index (χ0) is 13.8. The van der Waals surface area contributed by atoms with Gasteiger partial charge in [0.15, 0.2) is 0 Å². The van der Waals surface area contributed by atoms with Gasteiger partial charge in [0.25, 0.3) is 0 Å². The summed E-state index contributed by atoms with van der Waals surface area (Å²) in [6.07, 6.45) is 6.80. The first kappa shape index (κ1) is 13.3. The van der Waals surface area contributed by atoms with E-state index in [-0.39, 0.29) is 12.1 Å². The van der Waals surface area contributed by atoms with Gasteiger partial charge in [-0.05, 0) is 48.1 Å². The highest BCUT2D eigenvalue weighted by atomic mass is 16.3. The Labute approximate surface area is 119 Å². The highest BCUT2D eigenvalue weighted by Gasteiger charge is 2.35. The molecule has 0 spiro atoms. The third-order valence-electron chi connectivity index (χ3n) is 4.23. The Morgan fingerprint density at radius 3 is 2.75 bits per heavy atom. The number of pyridine rings is 1.